The van der Waals surface area contributed by atoms with Gasteiger partial charge in [0.05, 0.1) is 17.9 Å². The lowest BCUT2D eigenvalue weighted by molar-refractivity contribution is -0.142. The molecule has 0 aliphatic carbocycles. The number of hydrogen-bond donors (Lipinski definition) is 2. The Morgan fingerprint density at radius 2 is 1.36 bits per heavy atom. The van der Waals surface area contributed by atoms with Gasteiger partial charge in [0.15, 0.2) is 6.10 Å². The zero-order chi connectivity index (χ0) is 19.5. The Morgan fingerprint density at radius 3 is 1.80 bits per heavy atom. The van der Waals surface area contributed by atoms with E-state index in [1.807, 2.05) is 13.8 Å². The molecule has 0 rings (SSSR count). The molecule has 0 spiro atoms. The molecule has 0 amide bonds. The van der Waals surface area contributed by atoms with Gasteiger partial charge in [0.25, 0.3) is 0 Å². The minimum Gasteiger partial charge on any atom is -0.381 e. The van der Waals surface area contributed by atoms with Crippen LogP contribution in [0.2, 0.25) is 0 Å². The first-order valence-corrected chi connectivity index (χ1v) is 11.3. The van der Waals surface area contributed by atoms with E-state index in [-0.39, 0.29) is 11.5 Å². The smallest absolute Gasteiger partial charge is 0.351 e. The molecule has 1 atom stereocenters. The summed E-state index contributed by atoms with van der Waals surface area (Å²) < 4.78 is 55.0. The number of aliphatic hydroxyl groups is 1. The highest BCUT2D eigenvalue weighted by atomic mass is 32.2. The van der Waals surface area contributed by atoms with Crippen LogP contribution in [0.1, 0.15) is 58.8 Å². The summed E-state index contributed by atoms with van der Waals surface area (Å²) in [5.41, 5.74) is 0. The predicted molar refractivity (Wildman–Crippen MR) is 92.2 cm³/mol. The van der Waals surface area contributed by atoms with Gasteiger partial charge in [0, 0.05) is 0 Å². The number of carbonyl (C=O) groups is 1. The third-order valence-corrected chi connectivity index (χ3v) is 5.53. The molecular formula is C14H27NO8S2. The summed E-state index contributed by atoms with van der Waals surface area (Å²) in [7, 11) is -8.10. The Bertz CT molecular complexity index is 627. The Balaban J connectivity index is 4.44. The molecule has 0 saturated heterocycles. The zero-order valence-electron chi connectivity index (χ0n) is 14.6. The van der Waals surface area contributed by atoms with Crippen molar-refractivity contribution in [2.45, 2.75) is 64.9 Å². The van der Waals surface area contributed by atoms with Crippen LogP contribution in [0.3, 0.4) is 0 Å². The van der Waals surface area contributed by atoms with Gasteiger partial charge in [-0.1, -0.05) is 39.5 Å². The second-order valence-corrected chi connectivity index (χ2v) is 8.95. The normalized spacial score (nSPS) is 13.2. The molecule has 0 fully saturated rings. The number of rotatable bonds is 13. The van der Waals surface area contributed by atoms with Crippen molar-refractivity contribution in [2.75, 3.05) is 11.5 Å². The first kappa shape index (κ1) is 23.8. The molecule has 148 valence electrons. The molecule has 0 aromatic rings. The lowest BCUT2D eigenvalue weighted by atomic mass is 10.2. The highest BCUT2D eigenvalue weighted by Crippen LogP contribution is 2.08. The van der Waals surface area contributed by atoms with E-state index < -0.39 is 44.6 Å². The molecule has 0 aromatic heterocycles. The van der Waals surface area contributed by atoms with Crippen LogP contribution < -0.4 is 0 Å². The summed E-state index contributed by atoms with van der Waals surface area (Å²) in [4.78, 5) is 11.6. The summed E-state index contributed by atoms with van der Waals surface area (Å²) in [5, 5.41) is 17.0. The minimum absolute atomic E-state index is 0.282. The van der Waals surface area contributed by atoms with Gasteiger partial charge >= 0.3 is 26.2 Å². The largest absolute Gasteiger partial charge is 0.381 e. The van der Waals surface area contributed by atoms with Crippen molar-refractivity contribution < 1.29 is 35.1 Å². The molecule has 0 saturated carbocycles. The van der Waals surface area contributed by atoms with Gasteiger partial charge < -0.3 is 13.5 Å². The van der Waals surface area contributed by atoms with Gasteiger partial charge in [0.2, 0.25) is 5.90 Å². The van der Waals surface area contributed by atoms with Crippen molar-refractivity contribution in [2.24, 2.45) is 0 Å². The third-order valence-electron chi connectivity index (χ3n) is 3.08. The molecule has 25 heavy (non-hydrogen) atoms. The molecule has 2 N–H and O–H groups in total. The van der Waals surface area contributed by atoms with Crippen LogP contribution in [0.15, 0.2) is 0 Å². The summed E-state index contributed by atoms with van der Waals surface area (Å²) in [6, 6.07) is 0. The number of aliphatic hydroxyl groups excluding tert-OH is 1. The molecule has 9 nitrogen and oxygen atoms in total. The van der Waals surface area contributed by atoms with Crippen LogP contribution in [-0.2, 0) is 33.4 Å². The number of unbranched alkanes of at least 4 members (excludes halogenated alkanes) is 4. The van der Waals surface area contributed by atoms with Crippen molar-refractivity contribution in [3.63, 3.8) is 0 Å². The van der Waals surface area contributed by atoms with E-state index >= 15 is 0 Å². The maximum absolute atomic E-state index is 11.6. The first-order valence-electron chi connectivity index (χ1n) is 8.16. The van der Waals surface area contributed by atoms with Crippen molar-refractivity contribution >= 4 is 32.1 Å². The lowest BCUT2D eigenvalue weighted by Gasteiger charge is -2.12. The molecule has 0 aliphatic rings. The van der Waals surface area contributed by atoms with E-state index in [9.17, 15) is 26.7 Å². The van der Waals surface area contributed by atoms with Gasteiger partial charge in [-0.2, -0.15) is 16.8 Å². The van der Waals surface area contributed by atoms with Gasteiger partial charge in [-0.3, -0.25) is 5.41 Å². The quantitative estimate of drug-likeness (QED) is 0.203. The Hall–Kier alpha value is -1.20. The number of nitrogens with one attached hydrogen (secondary N) is 1. The van der Waals surface area contributed by atoms with E-state index in [4.69, 9.17) is 5.41 Å². The standard InChI is InChI=1S/C14H27NO8S2/c1-3-5-7-9-24(18,19)22-13(15)11-12(16)14(17)23-25(20,21)10-8-6-4-2/h12,15-16H,3-11H2,1-2H3. The summed E-state index contributed by atoms with van der Waals surface area (Å²) in [6.07, 6.45) is 0.811. The lowest BCUT2D eigenvalue weighted by Crippen LogP contribution is -2.30. The van der Waals surface area contributed by atoms with Gasteiger partial charge in [0.1, 0.15) is 0 Å². The van der Waals surface area contributed by atoms with Crippen molar-refractivity contribution in [1.29, 1.82) is 5.41 Å². The van der Waals surface area contributed by atoms with E-state index in [2.05, 4.69) is 8.37 Å². The highest BCUT2D eigenvalue weighted by molar-refractivity contribution is 7.87. The molecule has 0 aromatic carbocycles. The van der Waals surface area contributed by atoms with Crippen molar-refractivity contribution in [1.82, 2.24) is 0 Å². The summed E-state index contributed by atoms with van der Waals surface area (Å²) in [5.74, 6) is -2.97. The summed E-state index contributed by atoms with van der Waals surface area (Å²) >= 11 is 0. The highest BCUT2D eigenvalue weighted by Gasteiger charge is 2.26. The number of carbonyl (C=O) groups excluding carboxylic acids is 1. The zero-order valence-corrected chi connectivity index (χ0v) is 16.2. The van der Waals surface area contributed by atoms with Crippen molar-refractivity contribution in [3.8, 4) is 0 Å². The van der Waals surface area contributed by atoms with Crippen LogP contribution in [-0.4, -0.2) is 51.4 Å². The van der Waals surface area contributed by atoms with Crippen molar-refractivity contribution in [3.05, 3.63) is 0 Å². The fourth-order valence-electron chi connectivity index (χ4n) is 1.77. The van der Waals surface area contributed by atoms with E-state index in [1.165, 1.54) is 0 Å². The summed E-state index contributed by atoms with van der Waals surface area (Å²) in [6.45, 7) is 3.78. The van der Waals surface area contributed by atoms with E-state index in [0.29, 0.717) is 25.7 Å². The second-order valence-electron chi connectivity index (χ2n) is 5.57. The molecule has 0 heterocycles. The van der Waals surface area contributed by atoms with Crippen LogP contribution in [0.25, 0.3) is 0 Å². The second kappa shape index (κ2) is 11.4. The predicted octanol–water partition coefficient (Wildman–Crippen LogP) is 1.31. The van der Waals surface area contributed by atoms with Gasteiger partial charge in [-0.15, -0.1) is 0 Å². The molecule has 0 bridgehead atoms. The maximum Gasteiger partial charge on any atom is 0.351 e. The molecule has 11 heteroatoms. The fourth-order valence-corrected chi connectivity index (χ4v) is 3.79. The Kier molecular flexibility index (Phi) is 10.9. The molecular weight excluding hydrogens is 374 g/mol. The Morgan fingerprint density at radius 1 is 0.920 bits per heavy atom. The third kappa shape index (κ3) is 11.9. The fraction of sp³-hybridized carbons (Fsp3) is 0.857. The van der Waals surface area contributed by atoms with Gasteiger partial charge in [-0.05, 0) is 12.8 Å². The van der Waals surface area contributed by atoms with Crippen LogP contribution in [0.4, 0.5) is 0 Å². The average Bonchev–Trinajstić information content (AvgIpc) is 2.46. The van der Waals surface area contributed by atoms with E-state index in [0.717, 1.165) is 12.8 Å². The topological polar surface area (TPSA) is 148 Å². The average molecular weight is 402 g/mol. The van der Waals surface area contributed by atoms with Gasteiger partial charge in [-0.25, -0.2) is 4.79 Å². The van der Waals surface area contributed by atoms with Crippen LogP contribution >= 0.6 is 0 Å². The number of hydrogen-bond acceptors (Lipinski definition) is 9. The first-order chi connectivity index (χ1) is 11.5. The Labute approximate surface area is 149 Å². The molecule has 1 unspecified atom stereocenters. The van der Waals surface area contributed by atoms with E-state index in [1.54, 1.807) is 0 Å². The van der Waals surface area contributed by atoms with Crippen LogP contribution in [0, 0.1) is 5.41 Å². The molecule has 0 radical (unpaired) electrons. The van der Waals surface area contributed by atoms with Crippen LogP contribution in [0.5, 0.6) is 0 Å². The maximum atomic E-state index is 11.6. The molecule has 0 aliphatic heterocycles. The minimum atomic E-state index is -4.12. The monoisotopic (exact) mass is 401 g/mol. The SMILES string of the molecule is CCCCCS(=O)(=O)OC(=N)CC(O)C(=O)OS(=O)(=O)CCCCC.